The molecule has 94 valence electrons. The first-order chi connectivity index (χ1) is 7.59. The molecule has 17 heavy (non-hydrogen) atoms. The smallest absolute Gasteiger partial charge is 0.269 e. The van der Waals surface area contributed by atoms with Crippen molar-refractivity contribution in [1.29, 1.82) is 0 Å². The van der Waals surface area contributed by atoms with Gasteiger partial charge in [0.25, 0.3) is 5.91 Å². The van der Waals surface area contributed by atoms with Crippen LogP contribution < -0.4 is 5.43 Å². The zero-order valence-corrected chi connectivity index (χ0v) is 11.1. The molecule has 1 aliphatic rings. The second-order valence-electron chi connectivity index (χ2n) is 3.46. The third kappa shape index (κ3) is 2.94. The third-order valence-electron chi connectivity index (χ3n) is 2.35. The SMILES string of the molecule is Cl.O=C(c1cc(F)c(F)cc1Br)N1CCCN1. The predicted octanol–water partition coefficient (Wildman–Crippen LogP) is 2.50. The average Bonchev–Trinajstić information content (AvgIpc) is 2.75. The van der Waals surface area contributed by atoms with Crippen LogP contribution in [0.5, 0.6) is 0 Å². The Bertz CT molecular complexity index is 439. The maximum atomic E-state index is 13.0. The van der Waals surface area contributed by atoms with Crippen molar-refractivity contribution in [3.05, 3.63) is 33.8 Å². The van der Waals surface area contributed by atoms with Crippen molar-refractivity contribution in [2.75, 3.05) is 13.1 Å². The van der Waals surface area contributed by atoms with E-state index in [0.29, 0.717) is 13.1 Å². The Labute approximate surface area is 112 Å². The highest BCUT2D eigenvalue weighted by Crippen LogP contribution is 2.22. The number of hydrogen-bond donors (Lipinski definition) is 1. The number of nitrogens with zero attached hydrogens (tertiary/aromatic N) is 1. The van der Waals surface area contributed by atoms with E-state index in [1.807, 2.05) is 0 Å². The van der Waals surface area contributed by atoms with Gasteiger partial charge in [-0.25, -0.2) is 14.2 Å². The zero-order chi connectivity index (χ0) is 11.7. The van der Waals surface area contributed by atoms with Gasteiger partial charge in [-0.3, -0.25) is 9.80 Å². The first-order valence-corrected chi connectivity index (χ1v) is 5.59. The van der Waals surface area contributed by atoms with E-state index >= 15 is 0 Å². The van der Waals surface area contributed by atoms with Gasteiger partial charge in [-0.1, -0.05) is 0 Å². The molecule has 1 fully saturated rings. The summed E-state index contributed by atoms with van der Waals surface area (Å²) in [5, 5.41) is 1.40. The van der Waals surface area contributed by atoms with Crippen LogP contribution >= 0.6 is 28.3 Å². The highest BCUT2D eigenvalue weighted by atomic mass is 79.9. The molecule has 0 aromatic heterocycles. The fourth-order valence-corrected chi connectivity index (χ4v) is 2.02. The molecule has 1 aromatic rings. The third-order valence-corrected chi connectivity index (χ3v) is 3.00. The van der Waals surface area contributed by atoms with E-state index in [-0.39, 0.29) is 28.4 Å². The predicted molar refractivity (Wildman–Crippen MR) is 65.0 cm³/mol. The molecule has 0 radical (unpaired) electrons. The van der Waals surface area contributed by atoms with Crippen LogP contribution in [0.4, 0.5) is 8.78 Å². The quantitative estimate of drug-likeness (QED) is 0.804. The molecule has 7 heteroatoms. The topological polar surface area (TPSA) is 32.3 Å². The van der Waals surface area contributed by atoms with E-state index in [1.165, 1.54) is 5.01 Å². The van der Waals surface area contributed by atoms with Crippen molar-refractivity contribution in [1.82, 2.24) is 10.4 Å². The molecular weight excluding hydrogens is 317 g/mol. The maximum absolute atomic E-state index is 13.0. The van der Waals surface area contributed by atoms with Crippen LogP contribution in [0.1, 0.15) is 16.8 Å². The lowest BCUT2D eigenvalue weighted by Gasteiger charge is -2.16. The van der Waals surface area contributed by atoms with Gasteiger partial charge in [0.05, 0.1) is 5.56 Å². The molecule has 0 spiro atoms. The van der Waals surface area contributed by atoms with E-state index in [4.69, 9.17) is 0 Å². The van der Waals surface area contributed by atoms with Crippen LogP contribution in [0.15, 0.2) is 16.6 Å². The van der Waals surface area contributed by atoms with Crippen molar-refractivity contribution in [3.8, 4) is 0 Å². The number of halogens is 4. The monoisotopic (exact) mass is 326 g/mol. The Hall–Kier alpha value is -0.720. The largest absolute Gasteiger partial charge is 0.274 e. The molecule has 0 aliphatic carbocycles. The van der Waals surface area contributed by atoms with Gasteiger partial charge in [-0.05, 0) is 34.5 Å². The van der Waals surface area contributed by atoms with Crippen LogP contribution in [0.25, 0.3) is 0 Å². The fraction of sp³-hybridized carbons (Fsp3) is 0.300. The van der Waals surface area contributed by atoms with E-state index < -0.39 is 11.6 Å². The highest BCUT2D eigenvalue weighted by molar-refractivity contribution is 9.10. The molecule has 0 unspecified atom stereocenters. The lowest BCUT2D eigenvalue weighted by atomic mass is 10.2. The van der Waals surface area contributed by atoms with Gasteiger partial charge in [0.2, 0.25) is 0 Å². The number of carbonyl (C=O) groups is 1. The van der Waals surface area contributed by atoms with Crippen molar-refractivity contribution in [2.24, 2.45) is 0 Å². The molecule has 2 rings (SSSR count). The van der Waals surface area contributed by atoms with Gasteiger partial charge >= 0.3 is 0 Å². The summed E-state index contributed by atoms with van der Waals surface area (Å²) in [6.45, 7) is 1.29. The van der Waals surface area contributed by atoms with Crippen molar-refractivity contribution in [3.63, 3.8) is 0 Å². The number of hydrazine groups is 1. The van der Waals surface area contributed by atoms with Crippen LogP contribution in [-0.2, 0) is 0 Å². The summed E-state index contributed by atoms with van der Waals surface area (Å²) in [6.07, 6.45) is 0.854. The fourth-order valence-electron chi connectivity index (χ4n) is 1.54. The Kier molecular flexibility index (Phi) is 4.85. The van der Waals surface area contributed by atoms with E-state index in [0.717, 1.165) is 18.6 Å². The molecule has 0 bridgehead atoms. The number of benzene rings is 1. The number of nitrogens with one attached hydrogen (secondary N) is 1. The normalized spacial score (nSPS) is 14.6. The summed E-state index contributed by atoms with van der Waals surface area (Å²) < 4.78 is 26.1. The minimum atomic E-state index is -1.02. The summed E-state index contributed by atoms with van der Waals surface area (Å²) in [6, 6.07) is 1.86. The van der Waals surface area contributed by atoms with Crippen molar-refractivity contribution >= 4 is 34.2 Å². The molecule has 3 nitrogen and oxygen atoms in total. The molecule has 0 saturated carbocycles. The van der Waals surface area contributed by atoms with Gasteiger partial charge in [0.1, 0.15) is 0 Å². The van der Waals surface area contributed by atoms with E-state index in [2.05, 4.69) is 21.4 Å². The number of carbonyl (C=O) groups excluding carboxylic acids is 1. The van der Waals surface area contributed by atoms with Gasteiger partial charge in [-0.2, -0.15) is 0 Å². The number of hydrogen-bond acceptors (Lipinski definition) is 2. The van der Waals surface area contributed by atoms with Crippen LogP contribution in [0, 0.1) is 11.6 Å². The van der Waals surface area contributed by atoms with E-state index in [9.17, 15) is 13.6 Å². The summed E-state index contributed by atoms with van der Waals surface area (Å²) in [4.78, 5) is 11.9. The summed E-state index contributed by atoms with van der Waals surface area (Å²) >= 11 is 3.05. The molecule has 1 heterocycles. The Morgan fingerprint density at radius 2 is 2.00 bits per heavy atom. The minimum Gasteiger partial charge on any atom is -0.274 e. The number of amides is 1. The van der Waals surface area contributed by atoms with Gasteiger partial charge in [0.15, 0.2) is 11.6 Å². The average molecular weight is 328 g/mol. The standard InChI is InChI=1S/C10H9BrF2N2O.ClH/c11-7-5-9(13)8(12)4-6(7)10(16)15-3-1-2-14-15;/h4-5,14H,1-3H2;1H. The van der Waals surface area contributed by atoms with Crippen molar-refractivity contribution in [2.45, 2.75) is 6.42 Å². The molecule has 1 aliphatic heterocycles. The maximum Gasteiger partial charge on any atom is 0.269 e. The van der Waals surface area contributed by atoms with Crippen LogP contribution in [0.3, 0.4) is 0 Å². The second-order valence-corrected chi connectivity index (χ2v) is 4.32. The highest BCUT2D eigenvalue weighted by Gasteiger charge is 2.22. The van der Waals surface area contributed by atoms with Gasteiger partial charge in [-0.15, -0.1) is 12.4 Å². The summed E-state index contributed by atoms with van der Waals surface area (Å²) in [5.74, 6) is -2.35. The first kappa shape index (κ1) is 14.3. The van der Waals surface area contributed by atoms with Crippen LogP contribution in [-0.4, -0.2) is 24.0 Å². The first-order valence-electron chi connectivity index (χ1n) is 4.79. The van der Waals surface area contributed by atoms with Crippen LogP contribution in [0.2, 0.25) is 0 Å². The molecule has 1 aromatic carbocycles. The Morgan fingerprint density at radius 3 is 2.59 bits per heavy atom. The molecule has 1 N–H and O–H groups in total. The Morgan fingerprint density at radius 1 is 1.35 bits per heavy atom. The summed E-state index contributed by atoms with van der Waals surface area (Å²) in [5.41, 5.74) is 2.98. The van der Waals surface area contributed by atoms with Gasteiger partial charge < -0.3 is 0 Å². The second kappa shape index (κ2) is 5.75. The molecular formula is C10H10BrClF2N2O. The zero-order valence-electron chi connectivity index (χ0n) is 8.67. The van der Waals surface area contributed by atoms with Crippen molar-refractivity contribution < 1.29 is 13.6 Å². The lowest BCUT2D eigenvalue weighted by Crippen LogP contribution is -2.37. The molecule has 1 saturated heterocycles. The number of rotatable bonds is 1. The molecule has 0 atom stereocenters. The Balaban J connectivity index is 0.00000144. The lowest BCUT2D eigenvalue weighted by molar-refractivity contribution is 0.0724. The molecule has 1 amide bonds. The van der Waals surface area contributed by atoms with Gasteiger partial charge in [0, 0.05) is 17.6 Å². The van der Waals surface area contributed by atoms with E-state index in [1.54, 1.807) is 0 Å². The summed E-state index contributed by atoms with van der Waals surface area (Å²) in [7, 11) is 0. The minimum absolute atomic E-state index is 0.